The second-order valence-electron chi connectivity index (χ2n) is 7.24. The molecular weight excluding hydrogens is 336 g/mol. The summed E-state index contributed by atoms with van der Waals surface area (Å²) in [5.74, 6) is 0.638. The Hall–Kier alpha value is -1.40. The Bertz CT molecular complexity index is 673. The molecule has 0 radical (unpaired) electrons. The van der Waals surface area contributed by atoms with Gasteiger partial charge in [0.2, 0.25) is 15.9 Å². The van der Waals surface area contributed by atoms with Crippen LogP contribution in [0.3, 0.4) is 0 Å². The third kappa shape index (κ3) is 4.82. The van der Waals surface area contributed by atoms with Gasteiger partial charge < -0.3 is 5.32 Å². The van der Waals surface area contributed by atoms with Crippen LogP contribution in [0.1, 0.15) is 50.5 Å². The van der Waals surface area contributed by atoms with Crippen molar-refractivity contribution >= 4 is 15.9 Å². The molecule has 0 atom stereocenters. The molecule has 1 aliphatic carbocycles. The van der Waals surface area contributed by atoms with E-state index in [4.69, 9.17) is 0 Å². The quantitative estimate of drug-likeness (QED) is 0.844. The van der Waals surface area contributed by atoms with Gasteiger partial charge in [0, 0.05) is 19.6 Å². The summed E-state index contributed by atoms with van der Waals surface area (Å²) in [4.78, 5) is 12.4. The van der Waals surface area contributed by atoms with Crippen molar-refractivity contribution in [1.82, 2.24) is 9.62 Å². The predicted molar refractivity (Wildman–Crippen MR) is 97.7 cm³/mol. The van der Waals surface area contributed by atoms with Crippen molar-refractivity contribution in [2.24, 2.45) is 5.92 Å². The number of carbonyl (C=O) groups is 1. The molecule has 2 fully saturated rings. The fraction of sp³-hybridized carbons (Fsp3) is 0.632. The van der Waals surface area contributed by atoms with E-state index in [0.29, 0.717) is 30.3 Å². The van der Waals surface area contributed by atoms with E-state index in [1.165, 1.54) is 25.7 Å². The van der Waals surface area contributed by atoms with Crippen LogP contribution in [-0.2, 0) is 21.2 Å². The highest BCUT2D eigenvalue weighted by Crippen LogP contribution is 2.24. The maximum atomic E-state index is 12.6. The minimum absolute atomic E-state index is 0.0125. The van der Waals surface area contributed by atoms with Crippen LogP contribution in [0.25, 0.3) is 0 Å². The summed E-state index contributed by atoms with van der Waals surface area (Å²) in [5.41, 5.74) is 0.849. The van der Waals surface area contributed by atoms with Crippen LogP contribution < -0.4 is 5.32 Å². The van der Waals surface area contributed by atoms with Crippen LogP contribution in [0.5, 0.6) is 0 Å². The molecule has 1 amide bonds. The normalized spacial score (nSPS) is 19.8. The third-order valence-corrected chi connectivity index (χ3v) is 7.22. The average molecular weight is 365 g/mol. The van der Waals surface area contributed by atoms with E-state index in [-0.39, 0.29) is 5.91 Å². The van der Waals surface area contributed by atoms with Crippen LogP contribution in [0, 0.1) is 5.92 Å². The summed E-state index contributed by atoms with van der Waals surface area (Å²) in [6, 6.07) is 6.77. The Labute approximate surface area is 150 Å². The minimum atomic E-state index is -3.40. The van der Waals surface area contributed by atoms with Crippen LogP contribution in [0.15, 0.2) is 29.2 Å². The number of nitrogens with one attached hydrogen (secondary N) is 1. The summed E-state index contributed by atoms with van der Waals surface area (Å²) < 4.78 is 26.8. The van der Waals surface area contributed by atoms with Gasteiger partial charge in [-0.2, -0.15) is 4.31 Å². The van der Waals surface area contributed by atoms with E-state index in [1.54, 1.807) is 28.6 Å². The highest BCUT2D eigenvalue weighted by atomic mass is 32.2. The molecule has 3 rings (SSSR count). The van der Waals surface area contributed by atoms with Crippen molar-refractivity contribution in [3.63, 3.8) is 0 Å². The SMILES string of the molecule is O=C(Cc1ccc(S(=O)(=O)N2CCCCC2)cc1)NCC1CCCC1. The van der Waals surface area contributed by atoms with Crippen LogP contribution >= 0.6 is 0 Å². The lowest BCUT2D eigenvalue weighted by Gasteiger charge is -2.25. The highest BCUT2D eigenvalue weighted by Gasteiger charge is 2.25. The largest absolute Gasteiger partial charge is 0.356 e. The molecule has 138 valence electrons. The van der Waals surface area contributed by atoms with Crippen molar-refractivity contribution < 1.29 is 13.2 Å². The Morgan fingerprint density at radius 1 is 1.00 bits per heavy atom. The van der Waals surface area contributed by atoms with Gasteiger partial charge in [0.15, 0.2) is 0 Å². The van der Waals surface area contributed by atoms with Crippen LogP contribution in [-0.4, -0.2) is 38.3 Å². The number of benzene rings is 1. The van der Waals surface area contributed by atoms with E-state index < -0.39 is 10.0 Å². The van der Waals surface area contributed by atoms with Gasteiger partial charge in [-0.05, 0) is 49.3 Å². The molecular formula is C19H28N2O3S. The number of carbonyl (C=O) groups excluding carboxylic acids is 1. The average Bonchev–Trinajstić information content (AvgIpc) is 3.15. The lowest BCUT2D eigenvalue weighted by atomic mass is 10.1. The molecule has 0 unspecified atom stereocenters. The van der Waals surface area contributed by atoms with Gasteiger partial charge in [0.1, 0.15) is 0 Å². The molecule has 2 aliphatic rings. The smallest absolute Gasteiger partial charge is 0.243 e. The van der Waals surface area contributed by atoms with E-state index in [1.807, 2.05) is 0 Å². The standard InChI is InChI=1S/C19H28N2O3S/c22-19(20-15-17-6-2-3-7-17)14-16-8-10-18(11-9-16)25(23,24)21-12-4-1-5-13-21/h8-11,17H,1-7,12-15H2,(H,20,22). The zero-order valence-electron chi connectivity index (χ0n) is 14.7. The number of hydrogen-bond acceptors (Lipinski definition) is 3. The number of nitrogens with zero attached hydrogens (tertiary/aromatic N) is 1. The van der Waals surface area contributed by atoms with Gasteiger partial charge in [-0.1, -0.05) is 31.4 Å². The number of piperidine rings is 1. The summed E-state index contributed by atoms with van der Waals surface area (Å²) in [6.07, 6.45) is 8.22. The molecule has 1 saturated heterocycles. The van der Waals surface area contributed by atoms with Gasteiger partial charge >= 0.3 is 0 Å². The fourth-order valence-electron chi connectivity index (χ4n) is 3.75. The first-order valence-electron chi connectivity index (χ1n) is 9.41. The zero-order chi connectivity index (χ0) is 17.7. The van der Waals surface area contributed by atoms with Gasteiger partial charge in [-0.3, -0.25) is 4.79 Å². The molecule has 1 aromatic carbocycles. The molecule has 25 heavy (non-hydrogen) atoms. The Balaban J connectivity index is 1.55. The molecule has 1 aromatic rings. The third-order valence-electron chi connectivity index (χ3n) is 5.30. The van der Waals surface area contributed by atoms with Gasteiger partial charge in [-0.15, -0.1) is 0 Å². The minimum Gasteiger partial charge on any atom is -0.356 e. The van der Waals surface area contributed by atoms with Crippen molar-refractivity contribution in [2.75, 3.05) is 19.6 Å². The maximum absolute atomic E-state index is 12.6. The second kappa shape index (κ2) is 8.32. The summed E-state index contributed by atoms with van der Waals surface area (Å²) in [5, 5.41) is 3.00. The molecule has 0 aromatic heterocycles. The molecule has 1 N–H and O–H groups in total. The Morgan fingerprint density at radius 2 is 1.64 bits per heavy atom. The van der Waals surface area contributed by atoms with Crippen molar-refractivity contribution in [3.05, 3.63) is 29.8 Å². The molecule has 1 heterocycles. The van der Waals surface area contributed by atoms with Crippen LogP contribution in [0.4, 0.5) is 0 Å². The van der Waals surface area contributed by atoms with Gasteiger partial charge in [0.05, 0.1) is 11.3 Å². The first-order chi connectivity index (χ1) is 12.1. The molecule has 1 saturated carbocycles. The number of hydrogen-bond donors (Lipinski definition) is 1. The topological polar surface area (TPSA) is 66.5 Å². The van der Waals surface area contributed by atoms with Crippen LogP contribution in [0.2, 0.25) is 0 Å². The lowest BCUT2D eigenvalue weighted by molar-refractivity contribution is -0.120. The van der Waals surface area contributed by atoms with Crippen molar-refractivity contribution in [2.45, 2.75) is 56.3 Å². The Morgan fingerprint density at radius 3 is 2.28 bits per heavy atom. The summed E-state index contributed by atoms with van der Waals surface area (Å²) >= 11 is 0. The fourth-order valence-corrected chi connectivity index (χ4v) is 5.27. The van der Waals surface area contributed by atoms with Crippen molar-refractivity contribution in [3.8, 4) is 0 Å². The van der Waals surface area contributed by atoms with E-state index in [9.17, 15) is 13.2 Å². The first-order valence-corrected chi connectivity index (χ1v) is 10.9. The monoisotopic (exact) mass is 364 g/mol. The van der Waals surface area contributed by atoms with Gasteiger partial charge in [-0.25, -0.2) is 8.42 Å². The molecule has 0 spiro atoms. The summed E-state index contributed by atoms with van der Waals surface area (Å²) in [7, 11) is -3.40. The zero-order valence-corrected chi connectivity index (χ0v) is 15.6. The lowest BCUT2D eigenvalue weighted by Crippen LogP contribution is -2.35. The molecule has 6 heteroatoms. The second-order valence-corrected chi connectivity index (χ2v) is 9.18. The maximum Gasteiger partial charge on any atom is 0.243 e. The highest BCUT2D eigenvalue weighted by molar-refractivity contribution is 7.89. The number of sulfonamides is 1. The number of amides is 1. The first kappa shape index (κ1) is 18.4. The molecule has 0 bridgehead atoms. The number of rotatable bonds is 6. The molecule has 5 nitrogen and oxygen atoms in total. The Kier molecular flexibility index (Phi) is 6.12. The van der Waals surface area contributed by atoms with Crippen molar-refractivity contribution in [1.29, 1.82) is 0 Å². The molecule has 1 aliphatic heterocycles. The van der Waals surface area contributed by atoms with E-state index in [0.717, 1.165) is 31.4 Å². The van der Waals surface area contributed by atoms with Gasteiger partial charge in [0.25, 0.3) is 0 Å². The predicted octanol–water partition coefficient (Wildman–Crippen LogP) is 2.71. The van der Waals surface area contributed by atoms with E-state index in [2.05, 4.69) is 5.32 Å². The summed E-state index contributed by atoms with van der Waals surface area (Å²) in [6.45, 7) is 1.97. The van der Waals surface area contributed by atoms with E-state index >= 15 is 0 Å².